The van der Waals surface area contributed by atoms with Crippen molar-refractivity contribution in [2.45, 2.75) is 96.3 Å². The van der Waals surface area contributed by atoms with Crippen molar-refractivity contribution in [2.24, 2.45) is 17.2 Å². The molecule has 8 N–H and O–H groups in total. The van der Waals surface area contributed by atoms with Gasteiger partial charge < -0.3 is 44.3 Å². The summed E-state index contributed by atoms with van der Waals surface area (Å²) in [7, 11) is -11.9. The van der Waals surface area contributed by atoms with Gasteiger partial charge >= 0.3 is 9.05 Å². The van der Waals surface area contributed by atoms with Crippen molar-refractivity contribution in [3.63, 3.8) is 0 Å². The molecule has 0 saturated heterocycles. The molecule has 0 aromatic heterocycles. The molecule has 0 atom stereocenters. The summed E-state index contributed by atoms with van der Waals surface area (Å²) in [6, 6.07) is 2.99. The predicted molar refractivity (Wildman–Crippen MR) is 167 cm³/mol. The SMILES string of the molecule is C[Si](C)(C)O[Si](O[Si](C)(C)CCCN)(O[Si](C)(C)CCCNCCN)O[Si](C)(C)CCCNCCN. The molecule has 0 fully saturated rings. The summed E-state index contributed by atoms with van der Waals surface area (Å²) in [6.07, 6.45) is 3.02. The molecule has 36 heavy (non-hydrogen) atoms. The highest BCUT2D eigenvalue weighted by molar-refractivity contribution is 6.92. The Bertz CT molecular complexity index is 556. The maximum Gasteiger partial charge on any atom is 0.636 e. The Hall–Kier alpha value is 0.724. The van der Waals surface area contributed by atoms with Crippen LogP contribution in [0, 0.1) is 0 Å². The van der Waals surface area contributed by atoms with Gasteiger partial charge in [-0.2, -0.15) is 0 Å². The van der Waals surface area contributed by atoms with E-state index < -0.39 is 42.3 Å². The van der Waals surface area contributed by atoms with Crippen molar-refractivity contribution >= 4 is 42.3 Å². The molecular formula is C22H61N5O4Si5. The molecule has 0 aromatic carbocycles. The van der Waals surface area contributed by atoms with Gasteiger partial charge in [0.1, 0.15) is 0 Å². The van der Waals surface area contributed by atoms with E-state index in [0.29, 0.717) is 19.6 Å². The second-order valence-electron chi connectivity index (χ2n) is 12.5. The third-order valence-corrected chi connectivity index (χ3v) is 23.3. The molecule has 0 bridgehead atoms. The molecule has 0 aromatic rings. The largest absolute Gasteiger partial charge is 0.636 e. The molecule has 0 aliphatic heterocycles. The van der Waals surface area contributed by atoms with E-state index in [9.17, 15) is 0 Å². The minimum absolute atomic E-state index is 0.656. The molecule has 14 heteroatoms. The fourth-order valence-corrected chi connectivity index (χ4v) is 22.6. The van der Waals surface area contributed by atoms with Gasteiger partial charge in [0, 0.05) is 26.2 Å². The lowest BCUT2D eigenvalue weighted by atomic mass is 10.5. The second-order valence-corrected chi connectivity index (χ2v) is 33.0. The highest BCUT2D eigenvalue weighted by Gasteiger charge is 2.57. The third kappa shape index (κ3) is 18.9. The lowest BCUT2D eigenvalue weighted by Crippen LogP contribution is -2.66. The molecular weight excluding hydrogens is 539 g/mol. The topological polar surface area (TPSA) is 139 Å². The third-order valence-electron chi connectivity index (χ3n) is 5.53. The van der Waals surface area contributed by atoms with Gasteiger partial charge in [-0.25, -0.2) is 0 Å². The smallest absolute Gasteiger partial charge is 0.396 e. The van der Waals surface area contributed by atoms with Crippen molar-refractivity contribution in [2.75, 3.05) is 45.8 Å². The summed E-state index contributed by atoms with van der Waals surface area (Å²) >= 11 is 0. The summed E-state index contributed by atoms with van der Waals surface area (Å²) in [5.74, 6) is 0. The summed E-state index contributed by atoms with van der Waals surface area (Å²) in [5, 5.41) is 6.80. The van der Waals surface area contributed by atoms with Crippen LogP contribution in [0.3, 0.4) is 0 Å². The van der Waals surface area contributed by atoms with E-state index >= 15 is 0 Å². The van der Waals surface area contributed by atoms with Crippen LogP contribution in [0.5, 0.6) is 0 Å². The molecule has 9 nitrogen and oxygen atoms in total. The summed E-state index contributed by atoms with van der Waals surface area (Å²) < 4.78 is 28.2. The van der Waals surface area contributed by atoms with Crippen LogP contribution in [0.15, 0.2) is 0 Å². The van der Waals surface area contributed by atoms with Crippen LogP contribution >= 0.6 is 0 Å². The van der Waals surface area contributed by atoms with E-state index in [1.54, 1.807) is 0 Å². The Morgan fingerprint density at radius 1 is 0.472 bits per heavy atom. The fraction of sp³-hybridized carbons (Fsp3) is 1.00. The van der Waals surface area contributed by atoms with E-state index in [0.717, 1.165) is 63.6 Å². The maximum absolute atomic E-state index is 7.10. The average molecular weight is 600 g/mol. The van der Waals surface area contributed by atoms with Gasteiger partial charge in [0.05, 0.1) is 0 Å². The van der Waals surface area contributed by atoms with Crippen molar-refractivity contribution in [3.8, 4) is 0 Å². The highest BCUT2D eigenvalue weighted by atomic mass is 28.5. The Balaban J connectivity index is 5.92. The minimum Gasteiger partial charge on any atom is -0.396 e. The van der Waals surface area contributed by atoms with Gasteiger partial charge in [0.2, 0.25) is 0 Å². The zero-order valence-electron chi connectivity index (χ0n) is 25.1. The predicted octanol–water partition coefficient (Wildman–Crippen LogP) is 3.16. The van der Waals surface area contributed by atoms with Gasteiger partial charge in [-0.1, -0.05) is 0 Å². The van der Waals surface area contributed by atoms with Crippen LogP contribution in [0.4, 0.5) is 0 Å². The monoisotopic (exact) mass is 599 g/mol. The van der Waals surface area contributed by atoms with Gasteiger partial charge in [0.25, 0.3) is 0 Å². The van der Waals surface area contributed by atoms with Crippen LogP contribution in [0.2, 0.25) is 77.1 Å². The molecule has 0 heterocycles. The molecule has 0 unspecified atom stereocenters. The normalized spacial score (nSPS) is 14.0. The molecule has 0 spiro atoms. The number of hydrogen-bond donors (Lipinski definition) is 5. The van der Waals surface area contributed by atoms with Crippen molar-refractivity contribution in [3.05, 3.63) is 0 Å². The Labute approximate surface area is 228 Å². The summed E-state index contributed by atoms with van der Waals surface area (Å²) in [5.41, 5.74) is 17.1. The number of hydrogen-bond acceptors (Lipinski definition) is 9. The van der Waals surface area contributed by atoms with Gasteiger partial charge in [0.15, 0.2) is 33.3 Å². The standard InChI is InChI=1S/C22H61N5O4Si5/c1-32(2,3)28-36(29-33(4,5)20-10-13-23,30-34(6,7)21-11-16-26-18-14-24)31-35(8,9)22-12-17-27-19-15-25/h26-27H,10-25H2,1-9H3. The summed E-state index contributed by atoms with van der Waals surface area (Å²) in [4.78, 5) is 0. The second kappa shape index (κ2) is 17.4. The first-order valence-electron chi connectivity index (χ1n) is 13.8. The van der Waals surface area contributed by atoms with Gasteiger partial charge in [-0.05, 0) is 116 Å². The van der Waals surface area contributed by atoms with E-state index in [1.165, 1.54) is 0 Å². The van der Waals surface area contributed by atoms with Crippen LogP contribution in [-0.2, 0) is 16.5 Å². The first-order chi connectivity index (χ1) is 16.5. The van der Waals surface area contributed by atoms with E-state index in [2.05, 4.69) is 69.6 Å². The fourth-order valence-electron chi connectivity index (χ4n) is 3.93. The average Bonchev–Trinajstić information content (AvgIpc) is 2.69. The van der Waals surface area contributed by atoms with Crippen molar-refractivity contribution in [1.82, 2.24) is 10.6 Å². The molecule has 0 radical (unpaired) electrons. The highest BCUT2D eigenvalue weighted by Crippen LogP contribution is 2.33. The Morgan fingerprint density at radius 2 is 0.833 bits per heavy atom. The van der Waals surface area contributed by atoms with Crippen molar-refractivity contribution in [1.29, 1.82) is 0 Å². The molecule has 0 amide bonds. The van der Waals surface area contributed by atoms with Crippen LogP contribution in [0.25, 0.3) is 0 Å². The van der Waals surface area contributed by atoms with Crippen LogP contribution < -0.4 is 27.8 Å². The number of nitrogens with two attached hydrogens (primary N) is 3. The zero-order valence-corrected chi connectivity index (χ0v) is 30.1. The minimum atomic E-state index is -3.41. The molecule has 0 rings (SSSR count). The van der Waals surface area contributed by atoms with E-state index in [-0.39, 0.29) is 0 Å². The molecule has 0 saturated carbocycles. The lowest BCUT2D eigenvalue weighted by molar-refractivity contribution is 0.146. The van der Waals surface area contributed by atoms with Crippen LogP contribution in [0.1, 0.15) is 19.3 Å². The Kier molecular flexibility index (Phi) is 17.8. The van der Waals surface area contributed by atoms with E-state index in [1.807, 2.05) is 0 Å². The number of nitrogens with one attached hydrogen (secondary N) is 2. The van der Waals surface area contributed by atoms with E-state index in [4.69, 9.17) is 33.7 Å². The van der Waals surface area contributed by atoms with Crippen LogP contribution in [-0.4, -0.2) is 88.1 Å². The number of rotatable bonds is 23. The first-order valence-corrected chi connectivity index (χ1v) is 28.2. The first kappa shape index (κ1) is 36.7. The molecule has 218 valence electrons. The molecule has 0 aliphatic rings. The maximum atomic E-state index is 7.10. The Morgan fingerprint density at radius 3 is 1.14 bits per heavy atom. The quantitative estimate of drug-likeness (QED) is 0.0885. The van der Waals surface area contributed by atoms with Gasteiger partial charge in [-0.15, -0.1) is 0 Å². The van der Waals surface area contributed by atoms with Gasteiger partial charge in [-0.3, -0.25) is 0 Å². The zero-order chi connectivity index (χ0) is 27.9. The molecule has 0 aliphatic carbocycles. The summed E-state index contributed by atoms with van der Waals surface area (Å²) in [6.45, 7) is 25.8. The lowest BCUT2D eigenvalue weighted by Gasteiger charge is -2.45. The van der Waals surface area contributed by atoms with Crippen molar-refractivity contribution < 1.29 is 16.5 Å².